The first-order chi connectivity index (χ1) is 38.3. The lowest BCUT2D eigenvalue weighted by Gasteiger charge is -2.49. The molecular weight excluding hydrogens is 1050 g/mol. The average Bonchev–Trinajstić information content (AvgIpc) is 3.42. The molecule has 0 spiro atoms. The molecule has 23 nitrogen and oxygen atoms in total. The smallest absolute Gasteiger partial charge is 0.302 e. The normalized spacial score (nSPS) is 29.9. The molecule has 470 valence electrons. The van der Waals surface area contributed by atoms with E-state index in [1.165, 1.54) is 32.1 Å². The van der Waals surface area contributed by atoms with Gasteiger partial charge in [-0.3, -0.25) is 14.4 Å². The summed E-state index contributed by atoms with van der Waals surface area (Å²) in [5, 5.41) is 111. The van der Waals surface area contributed by atoms with Crippen LogP contribution in [-0.4, -0.2) is 250 Å². The Hall–Kier alpha value is -2.11. The molecule has 3 saturated heterocycles. The van der Waals surface area contributed by atoms with Crippen LogP contribution in [0, 0.1) is 0 Å². The Bertz CT molecular complexity index is 1640. The van der Waals surface area contributed by atoms with Crippen molar-refractivity contribution < 1.29 is 98.6 Å². The van der Waals surface area contributed by atoms with Crippen molar-refractivity contribution in [2.45, 2.75) is 279 Å². The summed E-state index contributed by atoms with van der Waals surface area (Å²) in [6.07, 6.45) is -6.75. The van der Waals surface area contributed by atoms with E-state index in [0.29, 0.717) is 38.5 Å². The van der Waals surface area contributed by atoms with Crippen LogP contribution in [0.4, 0.5) is 0 Å². The van der Waals surface area contributed by atoms with Gasteiger partial charge in [0.25, 0.3) is 0 Å². The molecule has 11 N–H and O–H groups in total. The number of carbonyl (C=O) groups excluding carboxylic acids is 3. The molecule has 3 aliphatic rings. The van der Waals surface area contributed by atoms with Gasteiger partial charge in [0.15, 0.2) is 18.9 Å². The maximum absolute atomic E-state index is 12.7. The topological polar surface area (TPSA) is 337 Å². The van der Waals surface area contributed by atoms with Crippen molar-refractivity contribution in [2.75, 3.05) is 67.1 Å². The molecule has 0 bridgehead atoms. The number of ether oxygens (including phenoxy) is 7. The van der Waals surface area contributed by atoms with Crippen LogP contribution in [0.1, 0.15) is 174 Å². The van der Waals surface area contributed by atoms with Crippen molar-refractivity contribution in [3.05, 3.63) is 0 Å². The SMILES string of the molecule is CCCCC[C@H](O[C@@H]1O[C@H](COC(C)=O)[C@H](O)[C@H](O[C@@H]2O[C@H](CO)[C@H](O)[C@H](O)[C@H]2O)[C@H]1O[C@@H]1O[C@H](CO)[C@@H](O)[C@H](O)[C@H]1O)[C@H](O)CCCCCCC(=O)CCCCCCCCCCCCC(=O)NCCCN(C)CCCCN(C)C. The summed E-state index contributed by atoms with van der Waals surface area (Å²) in [4.78, 5) is 41.5. The van der Waals surface area contributed by atoms with Crippen LogP contribution in [0.2, 0.25) is 0 Å². The van der Waals surface area contributed by atoms with Crippen LogP contribution in [0.3, 0.4) is 0 Å². The van der Waals surface area contributed by atoms with E-state index in [-0.39, 0.29) is 18.1 Å². The summed E-state index contributed by atoms with van der Waals surface area (Å²) in [5.74, 6) is -0.331. The van der Waals surface area contributed by atoms with E-state index in [1.807, 2.05) is 6.92 Å². The van der Waals surface area contributed by atoms with Crippen molar-refractivity contribution >= 4 is 17.7 Å². The second-order valence-electron chi connectivity index (χ2n) is 22.7. The van der Waals surface area contributed by atoms with E-state index in [2.05, 4.69) is 36.3 Å². The fourth-order valence-corrected chi connectivity index (χ4v) is 10.4. The van der Waals surface area contributed by atoms with Gasteiger partial charge in [-0.15, -0.1) is 0 Å². The molecule has 3 aliphatic heterocycles. The van der Waals surface area contributed by atoms with Crippen molar-refractivity contribution in [1.29, 1.82) is 0 Å². The van der Waals surface area contributed by atoms with Gasteiger partial charge in [0, 0.05) is 32.7 Å². The Kier molecular flexibility index (Phi) is 37.0. The summed E-state index contributed by atoms with van der Waals surface area (Å²) in [7, 11) is 6.35. The third-order valence-electron chi connectivity index (χ3n) is 15.4. The van der Waals surface area contributed by atoms with Gasteiger partial charge in [-0.2, -0.15) is 0 Å². The Morgan fingerprint density at radius 3 is 1.52 bits per heavy atom. The van der Waals surface area contributed by atoms with Gasteiger partial charge in [0.2, 0.25) is 5.91 Å². The highest BCUT2D eigenvalue weighted by Crippen LogP contribution is 2.35. The van der Waals surface area contributed by atoms with Crippen LogP contribution in [-0.2, 0) is 47.5 Å². The summed E-state index contributed by atoms with van der Waals surface area (Å²) < 4.78 is 41.4. The molecule has 0 radical (unpaired) electrons. The van der Waals surface area contributed by atoms with Crippen LogP contribution >= 0.6 is 0 Å². The van der Waals surface area contributed by atoms with Crippen molar-refractivity contribution in [3.8, 4) is 0 Å². The largest absolute Gasteiger partial charge is 0.463 e. The highest BCUT2D eigenvalue weighted by atomic mass is 16.8. The Labute approximate surface area is 475 Å². The van der Waals surface area contributed by atoms with Gasteiger partial charge in [-0.05, 0) is 92.1 Å². The number of ketones is 1. The van der Waals surface area contributed by atoms with Crippen LogP contribution in [0.15, 0.2) is 0 Å². The molecule has 3 rings (SSSR count). The van der Waals surface area contributed by atoms with Gasteiger partial charge in [0.05, 0.1) is 25.4 Å². The predicted octanol–water partition coefficient (Wildman–Crippen LogP) is 1.70. The number of Topliss-reactive ketones (excluding diaryl/α,β-unsaturated/α-hetero) is 1. The molecule has 0 unspecified atom stereocenters. The molecule has 0 aromatic carbocycles. The molecule has 3 fully saturated rings. The first kappa shape index (κ1) is 72.2. The highest BCUT2D eigenvalue weighted by molar-refractivity contribution is 5.78. The van der Waals surface area contributed by atoms with Crippen LogP contribution in [0.25, 0.3) is 0 Å². The van der Waals surface area contributed by atoms with Crippen molar-refractivity contribution in [1.82, 2.24) is 15.1 Å². The quantitative estimate of drug-likeness (QED) is 0.0306. The van der Waals surface area contributed by atoms with Gasteiger partial charge < -0.3 is 99.3 Å². The van der Waals surface area contributed by atoms with E-state index in [4.69, 9.17) is 33.2 Å². The molecule has 17 atom stereocenters. The Balaban J connectivity index is 1.45. The minimum absolute atomic E-state index is 0.155. The first-order valence-electron chi connectivity index (χ1n) is 30.2. The maximum atomic E-state index is 12.7. The number of aliphatic hydroxyl groups is 10. The minimum Gasteiger partial charge on any atom is -0.463 e. The zero-order valence-electron chi connectivity index (χ0n) is 48.9. The summed E-state index contributed by atoms with van der Waals surface area (Å²) in [6.45, 7) is 4.89. The fourth-order valence-electron chi connectivity index (χ4n) is 10.4. The number of esters is 1. The van der Waals surface area contributed by atoms with Gasteiger partial charge >= 0.3 is 5.97 Å². The van der Waals surface area contributed by atoms with Gasteiger partial charge in [0.1, 0.15) is 85.6 Å². The lowest BCUT2D eigenvalue weighted by Crippen LogP contribution is -2.67. The Morgan fingerprint density at radius 2 is 1.00 bits per heavy atom. The third kappa shape index (κ3) is 26.9. The molecule has 0 aromatic rings. The first-order valence-corrected chi connectivity index (χ1v) is 30.2. The summed E-state index contributed by atoms with van der Waals surface area (Å²) >= 11 is 0. The second kappa shape index (κ2) is 41.0. The summed E-state index contributed by atoms with van der Waals surface area (Å²) in [5.41, 5.74) is 0. The molecular formula is C57H107N3O20. The fraction of sp³-hybridized carbons (Fsp3) is 0.947. The number of unbranched alkanes of at least 4 members (excludes halogenated alkanes) is 15. The third-order valence-corrected chi connectivity index (χ3v) is 15.4. The number of hydrogen-bond acceptors (Lipinski definition) is 22. The molecule has 23 heteroatoms. The maximum Gasteiger partial charge on any atom is 0.302 e. The second-order valence-corrected chi connectivity index (χ2v) is 22.7. The van der Waals surface area contributed by atoms with E-state index in [0.717, 1.165) is 117 Å². The molecule has 3 heterocycles. The zero-order chi connectivity index (χ0) is 59.0. The Morgan fingerprint density at radius 1 is 0.525 bits per heavy atom. The number of rotatable bonds is 44. The number of amides is 1. The lowest BCUT2D eigenvalue weighted by molar-refractivity contribution is -0.396. The molecule has 0 aliphatic carbocycles. The molecule has 0 saturated carbocycles. The summed E-state index contributed by atoms with van der Waals surface area (Å²) in [6, 6.07) is 0. The van der Waals surface area contributed by atoms with Crippen LogP contribution < -0.4 is 5.32 Å². The zero-order valence-corrected chi connectivity index (χ0v) is 48.9. The number of carbonyl (C=O) groups is 3. The van der Waals surface area contributed by atoms with E-state index >= 15 is 0 Å². The average molecular weight is 1150 g/mol. The monoisotopic (exact) mass is 1150 g/mol. The predicted molar refractivity (Wildman–Crippen MR) is 295 cm³/mol. The van der Waals surface area contributed by atoms with Crippen molar-refractivity contribution in [3.63, 3.8) is 0 Å². The van der Waals surface area contributed by atoms with Gasteiger partial charge in [-0.25, -0.2) is 0 Å². The van der Waals surface area contributed by atoms with E-state index in [1.54, 1.807) is 0 Å². The number of hydrogen-bond donors (Lipinski definition) is 11. The number of nitrogens with zero attached hydrogens (tertiary/aromatic N) is 2. The van der Waals surface area contributed by atoms with Crippen LogP contribution in [0.5, 0.6) is 0 Å². The number of nitrogens with one attached hydrogen (secondary N) is 1. The van der Waals surface area contributed by atoms with Gasteiger partial charge in [-0.1, -0.05) is 96.8 Å². The number of aliphatic hydroxyl groups excluding tert-OH is 10. The molecule has 1 amide bonds. The molecule has 80 heavy (non-hydrogen) atoms. The highest BCUT2D eigenvalue weighted by Gasteiger charge is 2.55. The minimum atomic E-state index is -1.96. The standard InChI is InChI=1S/C57H107N3O20/c1-6-7-18-29-41(40(65)28-21-17-16-20-27-39(64)26-19-14-12-10-8-9-11-13-15-22-30-45(66)58-31-25-34-60(5)33-24-23-32-59(3)4)75-57-54(80-56-52(73)50(71)47(68)43(36-62)77-56)53(48(69)44(78-57)37-74-38(2)63)79-55-51(72)49(70)46(67)42(35-61)76-55/h40-44,46-57,61-62,65,67-73H,6-37H2,1-5H3,(H,58,66)/t40-,41+,42-,43-,44-,46+,47-,48+,49+,50+,51-,52-,53+,54-,55+,56+,57-/m1/s1. The van der Waals surface area contributed by atoms with E-state index < -0.39 is 130 Å². The molecule has 0 aromatic heterocycles. The lowest BCUT2D eigenvalue weighted by atomic mass is 9.95. The van der Waals surface area contributed by atoms with E-state index in [9.17, 15) is 65.4 Å². The van der Waals surface area contributed by atoms with Crippen molar-refractivity contribution in [2.24, 2.45) is 0 Å².